The summed E-state index contributed by atoms with van der Waals surface area (Å²) < 4.78 is 64.1. The molecule has 0 spiro atoms. The first-order valence-electron chi connectivity index (χ1n) is 7.46. The predicted octanol–water partition coefficient (Wildman–Crippen LogP) is 3.18. The van der Waals surface area contributed by atoms with Crippen LogP contribution in [-0.2, 0) is 9.53 Å². The molecule has 8 heteroatoms. The molecule has 0 amide bonds. The molecule has 0 bridgehead atoms. The fourth-order valence-corrected chi connectivity index (χ4v) is 2.86. The standard InChI is InChI=1S/C16H18F4O4/c1-3-24-14(21)15(22,16(18,19)20)13(9-4-5-9)11-8-10(17)6-7-12(11)23-2/h6-9,13,22H,3-5H2,1-2H3. The predicted molar refractivity (Wildman–Crippen MR) is 76.1 cm³/mol. The van der Waals surface area contributed by atoms with E-state index >= 15 is 0 Å². The van der Waals surface area contributed by atoms with E-state index in [0.717, 1.165) is 12.1 Å². The van der Waals surface area contributed by atoms with Crippen molar-refractivity contribution in [1.82, 2.24) is 0 Å². The summed E-state index contributed by atoms with van der Waals surface area (Å²) in [6, 6.07) is 3.06. The highest BCUT2D eigenvalue weighted by atomic mass is 19.4. The van der Waals surface area contributed by atoms with Crippen molar-refractivity contribution in [2.24, 2.45) is 5.92 Å². The van der Waals surface area contributed by atoms with Crippen molar-refractivity contribution < 1.29 is 36.9 Å². The highest BCUT2D eigenvalue weighted by Crippen LogP contribution is 2.55. The van der Waals surface area contributed by atoms with Crippen LogP contribution >= 0.6 is 0 Å². The molecule has 1 aliphatic carbocycles. The number of carbonyl (C=O) groups is 1. The summed E-state index contributed by atoms with van der Waals surface area (Å²) in [4.78, 5) is 12.0. The Kier molecular flexibility index (Phi) is 5.08. The number of hydrogen-bond donors (Lipinski definition) is 1. The Bertz CT molecular complexity index is 613. The minimum atomic E-state index is -5.29. The summed E-state index contributed by atoms with van der Waals surface area (Å²) in [6.07, 6.45) is -4.53. The average Bonchev–Trinajstić information content (AvgIpc) is 3.31. The molecular formula is C16H18F4O4. The van der Waals surface area contributed by atoms with E-state index in [2.05, 4.69) is 4.74 Å². The van der Waals surface area contributed by atoms with Crippen LogP contribution < -0.4 is 4.74 Å². The molecule has 0 saturated heterocycles. The molecule has 2 unspecified atom stereocenters. The van der Waals surface area contributed by atoms with Crippen LogP contribution in [0.25, 0.3) is 0 Å². The molecule has 0 aromatic heterocycles. The number of carbonyl (C=O) groups excluding carboxylic acids is 1. The number of benzene rings is 1. The van der Waals surface area contributed by atoms with E-state index in [1.165, 1.54) is 20.1 Å². The van der Waals surface area contributed by atoms with Gasteiger partial charge in [-0.2, -0.15) is 13.2 Å². The number of ether oxygens (including phenoxy) is 2. The van der Waals surface area contributed by atoms with Gasteiger partial charge in [0, 0.05) is 11.5 Å². The monoisotopic (exact) mass is 350 g/mol. The molecule has 1 aromatic carbocycles. The van der Waals surface area contributed by atoms with Crippen LogP contribution in [0.5, 0.6) is 5.75 Å². The summed E-state index contributed by atoms with van der Waals surface area (Å²) in [6.45, 7) is 1.01. The van der Waals surface area contributed by atoms with Crippen molar-refractivity contribution in [2.75, 3.05) is 13.7 Å². The number of hydrogen-bond acceptors (Lipinski definition) is 4. The average molecular weight is 350 g/mol. The van der Waals surface area contributed by atoms with Gasteiger partial charge in [-0.25, -0.2) is 9.18 Å². The highest BCUT2D eigenvalue weighted by Gasteiger charge is 2.68. The number of halogens is 4. The Balaban J connectivity index is 2.63. The Morgan fingerprint density at radius 1 is 1.38 bits per heavy atom. The quantitative estimate of drug-likeness (QED) is 0.632. The minimum Gasteiger partial charge on any atom is -0.496 e. The molecular weight excluding hydrogens is 332 g/mol. The van der Waals surface area contributed by atoms with Crippen LogP contribution in [0.3, 0.4) is 0 Å². The lowest BCUT2D eigenvalue weighted by molar-refractivity contribution is -0.271. The van der Waals surface area contributed by atoms with E-state index < -0.39 is 35.4 Å². The Labute approximate surface area is 136 Å². The molecule has 0 aliphatic heterocycles. The molecule has 0 radical (unpaired) electrons. The zero-order valence-corrected chi connectivity index (χ0v) is 13.2. The Morgan fingerprint density at radius 3 is 2.46 bits per heavy atom. The van der Waals surface area contributed by atoms with Gasteiger partial charge in [-0.3, -0.25) is 0 Å². The topological polar surface area (TPSA) is 55.8 Å². The third kappa shape index (κ3) is 3.19. The molecule has 1 N–H and O–H groups in total. The highest BCUT2D eigenvalue weighted by molar-refractivity contribution is 5.82. The van der Waals surface area contributed by atoms with Gasteiger partial charge in [-0.05, 0) is 43.9 Å². The number of rotatable bonds is 6. The number of methoxy groups -OCH3 is 1. The lowest BCUT2D eigenvalue weighted by Crippen LogP contribution is -2.57. The first kappa shape index (κ1) is 18.5. The molecule has 1 aliphatic rings. The molecule has 134 valence electrons. The Hall–Kier alpha value is -1.83. The van der Waals surface area contributed by atoms with Gasteiger partial charge in [0.2, 0.25) is 0 Å². The number of esters is 1. The maximum absolute atomic E-state index is 13.7. The van der Waals surface area contributed by atoms with E-state index in [-0.39, 0.29) is 17.9 Å². The summed E-state index contributed by atoms with van der Waals surface area (Å²) in [7, 11) is 1.22. The van der Waals surface area contributed by atoms with Crippen molar-refractivity contribution in [2.45, 2.75) is 37.5 Å². The van der Waals surface area contributed by atoms with Gasteiger partial charge >= 0.3 is 12.1 Å². The Morgan fingerprint density at radius 2 is 2.00 bits per heavy atom. The lowest BCUT2D eigenvalue weighted by Gasteiger charge is -2.36. The summed E-state index contributed by atoms with van der Waals surface area (Å²) in [5.41, 5.74) is -3.97. The van der Waals surface area contributed by atoms with Crippen molar-refractivity contribution >= 4 is 5.97 Å². The largest absolute Gasteiger partial charge is 0.496 e. The van der Waals surface area contributed by atoms with Crippen LogP contribution in [0.4, 0.5) is 17.6 Å². The summed E-state index contributed by atoms with van der Waals surface area (Å²) in [5, 5.41) is 10.4. The van der Waals surface area contributed by atoms with Crippen LogP contribution in [0.2, 0.25) is 0 Å². The number of aliphatic hydroxyl groups is 1. The van der Waals surface area contributed by atoms with E-state index in [1.807, 2.05) is 0 Å². The van der Waals surface area contributed by atoms with Crippen LogP contribution in [0, 0.1) is 11.7 Å². The van der Waals surface area contributed by atoms with Gasteiger partial charge in [0.15, 0.2) is 0 Å². The first-order chi connectivity index (χ1) is 11.2. The van der Waals surface area contributed by atoms with E-state index in [4.69, 9.17) is 4.74 Å². The van der Waals surface area contributed by atoms with Gasteiger partial charge in [-0.15, -0.1) is 0 Å². The van der Waals surface area contributed by atoms with E-state index in [1.54, 1.807) is 0 Å². The van der Waals surface area contributed by atoms with Gasteiger partial charge < -0.3 is 14.6 Å². The second-order valence-corrected chi connectivity index (χ2v) is 5.69. The second kappa shape index (κ2) is 6.58. The molecule has 1 saturated carbocycles. The maximum atomic E-state index is 13.7. The molecule has 2 atom stereocenters. The van der Waals surface area contributed by atoms with Gasteiger partial charge in [-0.1, -0.05) is 0 Å². The lowest BCUT2D eigenvalue weighted by atomic mass is 9.77. The molecule has 2 rings (SSSR count). The van der Waals surface area contributed by atoms with Gasteiger partial charge in [0.25, 0.3) is 5.60 Å². The van der Waals surface area contributed by atoms with E-state index in [9.17, 15) is 27.5 Å². The van der Waals surface area contributed by atoms with Crippen molar-refractivity contribution in [3.8, 4) is 5.75 Å². The SMILES string of the molecule is CCOC(=O)C(O)(C(c1cc(F)ccc1OC)C1CC1)C(F)(F)F. The van der Waals surface area contributed by atoms with Crippen molar-refractivity contribution in [3.05, 3.63) is 29.6 Å². The van der Waals surface area contributed by atoms with Crippen LogP contribution in [-0.4, -0.2) is 36.6 Å². The van der Waals surface area contributed by atoms with E-state index in [0.29, 0.717) is 12.8 Å². The third-order valence-electron chi connectivity index (χ3n) is 4.09. The summed E-state index contributed by atoms with van der Waals surface area (Å²) in [5.74, 6) is -4.94. The smallest absolute Gasteiger partial charge is 0.428 e. The minimum absolute atomic E-state index is 0.0275. The molecule has 1 fully saturated rings. The van der Waals surface area contributed by atoms with Crippen molar-refractivity contribution in [3.63, 3.8) is 0 Å². The summed E-state index contributed by atoms with van der Waals surface area (Å²) >= 11 is 0. The zero-order chi connectivity index (χ0) is 18.1. The number of alkyl halides is 3. The molecule has 1 aromatic rings. The van der Waals surface area contributed by atoms with Crippen molar-refractivity contribution in [1.29, 1.82) is 0 Å². The van der Waals surface area contributed by atoms with Crippen LogP contribution in [0.15, 0.2) is 18.2 Å². The maximum Gasteiger partial charge on any atom is 0.428 e. The molecule has 4 nitrogen and oxygen atoms in total. The zero-order valence-electron chi connectivity index (χ0n) is 13.2. The van der Waals surface area contributed by atoms with Gasteiger partial charge in [0.05, 0.1) is 13.7 Å². The normalized spacial score (nSPS) is 18.6. The second-order valence-electron chi connectivity index (χ2n) is 5.69. The van der Waals surface area contributed by atoms with Gasteiger partial charge in [0.1, 0.15) is 11.6 Å². The molecule has 24 heavy (non-hydrogen) atoms. The van der Waals surface area contributed by atoms with Crippen LogP contribution in [0.1, 0.15) is 31.2 Å². The fourth-order valence-electron chi connectivity index (χ4n) is 2.86. The first-order valence-corrected chi connectivity index (χ1v) is 7.46. The molecule has 0 heterocycles. The third-order valence-corrected chi connectivity index (χ3v) is 4.09. The fraction of sp³-hybridized carbons (Fsp3) is 0.562.